The number of dihydropyridines is 1. The van der Waals surface area contributed by atoms with E-state index in [9.17, 15) is 0 Å². The molecular weight excluding hydrogens is 332 g/mol. The van der Waals surface area contributed by atoms with Crippen molar-refractivity contribution in [2.45, 2.75) is 12.3 Å². The summed E-state index contributed by atoms with van der Waals surface area (Å²) in [4.78, 5) is 9.75. The Morgan fingerprint density at radius 1 is 0.593 bits per heavy atom. The zero-order valence-electron chi connectivity index (χ0n) is 14.7. The largest absolute Gasteiger partial charge is 0.449 e. The molecule has 0 fully saturated rings. The molecule has 5 rings (SSSR count). The van der Waals surface area contributed by atoms with Crippen molar-refractivity contribution in [3.05, 3.63) is 114 Å². The smallest absolute Gasteiger partial charge is 0.219 e. The molecule has 0 bridgehead atoms. The highest BCUT2D eigenvalue weighted by atomic mass is 16.5. The van der Waals surface area contributed by atoms with Gasteiger partial charge in [-0.25, -0.2) is 9.98 Å². The van der Waals surface area contributed by atoms with Crippen LogP contribution >= 0.6 is 0 Å². The summed E-state index contributed by atoms with van der Waals surface area (Å²) in [6.45, 7) is 0. The average Bonchev–Trinajstić information content (AvgIpc) is 3.19. The van der Waals surface area contributed by atoms with Crippen molar-refractivity contribution < 1.29 is 4.74 Å². The standard InChI is InChI=1S/C24H18N2O/c1-4-10-17(11-5-1)20-16-21(18-12-6-2-7-13-18)25-24-22(20)26-23(27-24)19-14-8-3-9-15-19/h1-16,22,24H. The van der Waals surface area contributed by atoms with Crippen molar-refractivity contribution in [3.63, 3.8) is 0 Å². The number of benzene rings is 3. The third kappa shape index (κ3) is 2.97. The first-order valence-corrected chi connectivity index (χ1v) is 9.08. The van der Waals surface area contributed by atoms with Gasteiger partial charge in [0.15, 0.2) is 0 Å². The van der Waals surface area contributed by atoms with E-state index in [1.807, 2.05) is 54.6 Å². The van der Waals surface area contributed by atoms with Crippen molar-refractivity contribution in [3.8, 4) is 0 Å². The lowest BCUT2D eigenvalue weighted by Crippen LogP contribution is -2.27. The number of ether oxygens (including phenoxy) is 1. The van der Waals surface area contributed by atoms with Crippen LogP contribution in [0, 0.1) is 0 Å². The molecule has 0 N–H and O–H groups in total. The quantitative estimate of drug-likeness (QED) is 0.671. The van der Waals surface area contributed by atoms with Gasteiger partial charge in [0.2, 0.25) is 12.1 Å². The predicted molar refractivity (Wildman–Crippen MR) is 109 cm³/mol. The van der Waals surface area contributed by atoms with Crippen LogP contribution in [0.15, 0.2) is 107 Å². The summed E-state index contributed by atoms with van der Waals surface area (Å²) in [6, 6.07) is 30.5. The molecule has 0 saturated heterocycles. The number of rotatable bonds is 3. The highest BCUT2D eigenvalue weighted by molar-refractivity contribution is 6.14. The van der Waals surface area contributed by atoms with E-state index in [1.165, 1.54) is 0 Å². The molecule has 2 aliphatic heterocycles. The van der Waals surface area contributed by atoms with E-state index >= 15 is 0 Å². The van der Waals surface area contributed by atoms with E-state index in [2.05, 4.69) is 42.5 Å². The normalized spacial score (nSPS) is 20.8. The maximum Gasteiger partial charge on any atom is 0.219 e. The Hall–Kier alpha value is -3.46. The highest BCUT2D eigenvalue weighted by Crippen LogP contribution is 2.34. The van der Waals surface area contributed by atoms with Gasteiger partial charge in [-0.05, 0) is 34.9 Å². The molecule has 3 heteroatoms. The molecule has 3 aromatic carbocycles. The molecule has 2 unspecified atom stereocenters. The van der Waals surface area contributed by atoms with Crippen LogP contribution in [-0.2, 0) is 4.74 Å². The molecule has 0 radical (unpaired) electrons. The first kappa shape index (κ1) is 15.8. The zero-order valence-corrected chi connectivity index (χ0v) is 14.7. The molecule has 0 aliphatic carbocycles. The number of aliphatic imine (C=N–C) groups is 2. The topological polar surface area (TPSA) is 34.0 Å². The lowest BCUT2D eigenvalue weighted by Gasteiger charge is -2.23. The Morgan fingerprint density at radius 2 is 1.15 bits per heavy atom. The Bertz CT molecular complexity index is 1040. The summed E-state index contributed by atoms with van der Waals surface area (Å²) < 4.78 is 6.18. The van der Waals surface area contributed by atoms with Crippen LogP contribution in [0.4, 0.5) is 0 Å². The summed E-state index contributed by atoms with van der Waals surface area (Å²) in [5, 5.41) is 0. The number of hydrogen-bond acceptors (Lipinski definition) is 3. The SMILES string of the molecule is C1=C(c2ccccc2)C2N=C(c3ccccc3)OC2N=C1c1ccccc1. The molecule has 0 spiro atoms. The van der Waals surface area contributed by atoms with E-state index < -0.39 is 0 Å². The molecule has 3 nitrogen and oxygen atoms in total. The van der Waals surface area contributed by atoms with E-state index in [0.29, 0.717) is 5.90 Å². The maximum absolute atomic E-state index is 6.18. The molecule has 0 amide bonds. The second-order valence-electron chi connectivity index (χ2n) is 6.60. The van der Waals surface area contributed by atoms with E-state index in [0.717, 1.165) is 28.0 Å². The van der Waals surface area contributed by atoms with Gasteiger partial charge in [-0.1, -0.05) is 78.9 Å². The third-order valence-electron chi connectivity index (χ3n) is 4.83. The van der Waals surface area contributed by atoms with Crippen molar-refractivity contribution in [1.82, 2.24) is 0 Å². The lowest BCUT2D eigenvalue weighted by atomic mass is 9.92. The number of nitrogens with zero attached hydrogens (tertiary/aromatic N) is 2. The molecule has 2 atom stereocenters. The summed E-state index contributed by atoms with van der Waals surface area (Å²) in [5.41, 5.74) is 5.29. The van der Waals surface area contributed by atoms with Gasteiger partial charge >= 0.3 is 0 Å². The molecule has 0 saturated carbocycles. The predicted octanol–water partition coefficient (Wildman–Crippen LogP) is 4.74. The first-order valence-electron chi connectivity index (χ1n) is 9.08. The van der Waals surface area contributed by atoms with Crippen LogP contribution < -0.4 is 0 Å². The van der Waals surface area contributed by atoms with Gasteiger partial charge in [0.05, 0.1) is 5.71 Å². The van der Waals surface area contributed by atoms with Crippen LogP contribution in [0.25, 0.3) is 5.57 Å². The van der Waals surface area contributed by atoms with Crippen molar-refractivity contribution in [2.75, 3.05) is 0 Å². The van der Waals surface area contributed by atoms with Crippen LogP contribution in [0.2, 0.25) is 0 Å². The van der Waals surface area contributed by atoms with E-state index in [-0.39, 0.29) is 12.3 Å². The fraction of sp³-hybridized carbons (Fsp3) is 0.0833. The number of allylic oxidation sites excluding steroid dienone is 1. The monoisotopic (exact) mass is 350 g/mol. The van der Waals surface area contributed by atoms with Crippen LogP contribution in [0.1, 0.15) is 16.7 Å². The van der Waals surface area contributed by atoms with Crippen LogP contribution in [0.5, 0.6) is 0 Å². The minimum Gasteiger partial charge on any atom is -0.449 e. The second-order valence-corrected chi connectivity index (χ2v) is 6.60. The van der Waals surface area contributed by atoms with Gasteiger partial charge in [-0.2, -0.15) is 0 Å². The highest BCUT2D eigenvalue weighted by Gasteiger charge is 2.37. The van der Waals surface area contributed by atoms with Gasteiger partial charge in [0, 0.05) is 5.56 Å². The minimum absolute atomic E-state index is 0.130. The van der Waals surface area contributed by atoms with Crippen molar-refractivity contribution in [2.24, 2.45) is 9.98 Å². The van der Waals surface area contributed by atoms with Gasteiger partial charge in [-0.3, -0.25) is 0 Å². The molecular formula is C24H18N2O. The zero-order chi connectivity index (χ0) is 18.1. The molecule has 3 aromatic rings. The molecule has 2 heterocycles. The van der Waals surface area contributed by atoms with Gasteiger partial charge in [-0.15, -0.1) is 0 Å². The van der Waals surface area contributed by atoms with Gasteiger partial charge in [0.25, 0.3) is 0 Å². The van der Waals surface area contributed by atoms with Crippen LogP contribution in [-0.4, -0.2) is 23.9 Å². The average molecular weight is 350 g/mol. The Labute approximate surface area is 158 Å². The Kier molecular flexibility index (Phi) is 3.91. The number of fused-ring (bicyclic) bond motifs is 1. The molecule has 2 aliphatic rings. The van der Waals surface area contributed by atoms with E-state index in [4.69, 9.17) is 14.7 Å². The van der Waals surface area contributed by atoms with Crippen molar-refractivity contribution >= 4 is 17.2 Å². The van der Waals surface area contributed by atoms with Crippen molar-refractivity contribution in [1.29, 1.82) is 0 Å². The summed E-state index contributed by atoms with van der Waals surface area (Å²) >= 11 is 0. The maximum atomic E-state index is 6.18. The molecule has 0 aromatic heterocycles. The fourth-order valence-corrected chi connectivity index (χ4v) is 3.50. The first-order chi connectivity index (χ1) is 13.4. The summed E-state index contributed by atoms with van der Waals surface area (Å²) in [7, 11) is 0. The summed E-state index contributed by atoms with van der Waals surface area (Å²) in [5.74, 6) is 0.658. The lowest BCUT2D eigenvalue weighted by molar-refractivity contribution is 0.218. The Morgan fingerprint density at radius 3 is 1.78 bits per heavy atom. The Balaban J connectivity index is 1.60. The molecule has 130 valence electrons. The van der Waals surface area contributed by atoms with Crippen LogP contribution in [0.3, 0.4) is 0 Å². The second kappa shape index (κ2) is 6.69. The van der Waals surface area contributed by atoms with Gasteiger partial charge in [0.1, 0.15) is 6.04 Å². The minimum atomic E-state index is -0.337. The fourth-order valence-electron chi connectivity index (χ4n) is 3.50. The van der Waals surface area contributed by atoms with E-state index in [1.54, 1.807) is 0 Å². The van der Waals surface area contributed by atoms with Gasteiger partial charge < -0.3 is 4.74 Å². The number of hydrogen-bond donors (Lipinski definition) is 0. The third-order valence-corrected chi connectivity index (χ3v) is 4.83. The summed E-state index contributed by atoms with van der Waals surface area (Å²) in [6.07, 6.45) is 1.81. The molecule has 27 heavy (non-hydrogen) atoms.